The maximum Gasteiger partial charge on any atom is 0.255 e. The molecule has 0 aliphatic heterocycles. The number of ketones is 1. The summed E-state index contributed by atoms with van der Waals surface area (Å²) < 4.78 is 5.14. The fraction of sp³-hybridized carbons (Fsp3) is 0.158. The van der Waals surface area contributed by atoms with Crippen LogP contribution >= 0.6 is 11.6 Å². The van der Waals surface area contributed by atoms with Crippen LogP contribution < -0.4 is 10.1 Å². The summed E-state index contributed by atoms with van der Waals surface area (Å²) in [5, 5.41) is 3.15. The van der Waals surface area contributed by atoms with Gasteiger partial charge < -0.3 is 10.1 Å². The largest absolute Gasteiger partial charge is 0.496 e. The number of hydrogen-bond donors (Lipinski definition) is 1. The van der Waals surface area contributed by atoms with Crippen LogP contribution in [0.2, 0.25) is 5.02 Å². The fourth-order valence-electron chi connectivity index (χ4n) is 2.01. The molecule has 1 N–H and O–H groups in total. The second-order valence-corrected chi connectivity index (χ2v) is 5.40. The topological polar surface area (TPSA) is 55.4 Å². The first-order chi connectivity index (χ1) is 11.5. The molecule has 0 spiro atoms. The average Bonchev–Trinajstić information content (AvgIpc) is 2.58. The molecular formula is C19H16ClNO3. The Bertz CT molecular complexity index is 817. The maximum atomic E-state index is 12.2. The number of nitrogens with one attached hydrogen (secondary N) is 1. The molecule has 24 heavy (non-hydrogen) atoms. The molecule has 0 aliphatic rings. The predicted octanol–water partition coefficient (Wildman–Crippen LogP) is 3.33. The van der Waals surface area contributed by atoms with Crippen molar-refractivity contribution in [3.8, 4) is 17.6 Å². The van der Waals surface area contributed by atoms with Gasteiger partial charge in [-0.05, 0) is 37.3 Å². The van der Waals surface area contributed by atoms with Crippen LogP contribution in [0, 0.1) is 11.8 Å². The summed E-state index contributed by atoms with van der Waals surface area (Å²) in [5.41, 5.74) is 1.77. The van der Waals surface area contributed by atoms with Crippen LogP contribution in [0.15, 0.2) is 42.5 Å². The molecule has 2 rings (SSSR count). The minimum atomic E-state index is -0.310. The molecule has 0 aliphatic carbocycles. The number of ether oxygens (including phenoxy) is 1. The van der Waals surface area contributed by atoms with Crippen LogP contribution in [0.25, 0.3) is 0 Å². The Kier molecular flexibility index (Phi) is 6.00. The number of benzene rings is 2. The van der Waals surface area contributed by atoms with Crippen molar-refractivity contribution in [2.24, 2.45) is 0 Å². The number of carbonyl (C=O) groups excluding carboxylic acids is 2. The lowest BCUT2D eigenvalue weighted by Crippen LogP contribution is -2.24. The zero-order chi connectivity index (χ0) is 17.5. The van der Waals surface area contributed by atoms with Crippen molar-refractivity contribution in [2.75, 3.05) is 13.7 Å². The van der Waals surface area contributed by atoms with Gasteiger partial charge in [0.05, 0.1) is 19.2 Å². The molecule has 0 heterocycles. The second-order valence-electron chi connectivity index (χ2n) is 4.96. The summed E-state index contributed by atoms with van der Waals surface area (Å²) in [6, 6.07) is 11.8. The smallest absolute Gasteiger partial charge is 0.255 e. The Morgan fingerprint density at radius 3 is 2.50 bits per heavy atom. The van der Waals surface area contributed by atoms with E-state index >= 15 is 0 Å². The number of carbonyl (C=O) groups is 2. The third-order valence-electron chi connectivity index (χ3n) is 3.27. The van der Waals surface area contributed by atoms with Gasteiger partial charge in [-0.15, -0.1) is 0 Å². The Balaban J connectivity index is 1.98. The lowest BCUT2D eigenvalue weighted by Gasteiger charge is -2.08. The van der Waals surface area contributed by atoms with Crippen molar-refractivity contribution < 1.29 is 14.3 Å². The van der Waals surface area contributed by atoms with Crippen molar-refractivity contribution >= 4 is 23.3 Å². The molecule has 0 unspecified atom stereocenters. The lowest BCUT2D eigenvalue weighted by molar-refractivity contribution is 0.0954. The van der Waals surface area contributed by atoms with Gasteiger partial charge in [-0.3, -0.25) is 9.59 Å². The highest BCUT2D eigenvalue weighted by Gasteiger charge is 2.11. The van der Waals surface area contributed by atoms with Gasteiger partial charge in [0.2, 0.25) is 0 Å². The summed E-state index contributed by atoms with van der Waals surface area (Å²) in [4.78, 5) is 23.4. The van der Waals surface area contributed by atoms with Crippen LogP contribution in [-0.2, 0) is 0 Å². The van der Waals surface area contributed by atoms with E-state index in [1.54, 1.807) is 42.5 Å². The number of rotatable bonds is 4. The van der Waals surface area contributed by atoms with Crippen LogP contribution in [0.4, 0.5) is 0 Å². The Labute approximate surface area is 145 Å². The van der Waals surface area contributed by atoms with Gasteiger partial charge >= 0.3 is 0 Å². The van der Waals surface area contributed by atoms with Crippen LogP contribution in [0.1, 0.15) is 33.2 Å². The number of hydrogen-bond acceptors (Lipinski definition) is 3. The monoisotopic (exact) mass is 341 g/mol. The van der Waals surface area contributed by atoms with Crippen LogP contribution in [0.3, 0.4) is 0 Å². The molecule has 0 fully saturated rings. The zero-order valence-electron chi connectivity index (χ0n) is 13.4. The normalized spacial score (nSPS) is 9.62. The van der Waals surface area contributed by atoms with E-state index in [-0.39, 0.29) is 18.2 Å². The van der Waals surface area contributed by atoms with E-state index in [9.17, 15) is 9.59 Å². The number of halogens is 1. The third-order valence-corrected chi connectivity index (χ3v) is 3.50. The highest BCUT2D eigenvalue weighted by molar-refractivity contribution is 6.31. The quantitative estimate of drug-likeness (QED) is 0.685. The average molecular weight is 342 g/mol. The predicted molar refractivity (Wildman–Crippen MR) is 93.7 cm³/mol. The first kappa shape index (κ1) is 17.6. The first-order valence-corrected chi connectivity index (χ1v) is 7.60. The summed E-state index contributed by atoms with van der Waals surface area (Å²) in [7, 11) is 1.49. The van der Waals surface area contributed by atoms with Crippen molar-refractivity contribution in [1.29, 1.82) is 0 Å². The minimum absolute atomic E-state index is 0.0113. The molecule has 0 saturated carbocycles. The van der Waals surface area contributed by atoms with Gasteiger partial charge in [-0.25, -0.2) is 0 Å². The van der Waals surface area contributed by atoms with E-state index in [4.69, 9.17) is 16.3 Å². The molecule has 0 saturated heterocycles. The molecule has 0 bridgehead atoms. The van der Waals surface area contributed by atoms with Gasteiger partial charge in [-0.2, -0.15) is 0 Å². The van der Waals surface area contributed by atoms with E-state index < -0.39 is 0 Å². The molecule has 1 amide bonds. The third kappa shape index (κ3) is 4.61. The summed E-state index contributed by atoms with van der Waals surface area (Å²) in [6.07, 6.45) is 0. The van der Waals surface area contributed by atoms with Crippen LogP contribution in [-0.4, -0.2) is 25.3 Å². The summed E-state index contributed by atoms with van der Waals surface area (Å²) >= 11 is 5.91. The SMILES string of the molecule is COc1ccc(Cl)cc1C(=O)NCC#Cc1ccc(C(C)=O)cc1. The van der Waals surface area contributed by atoms with Crippen molar-refractivity contribution in [3.05, 3.63) is 64.2 Å². The first-order valence-electron chi connectivity index (χ1n) is 7.23. The van der Waals surface area contributed by atoms with Crippen molar-refractivity contribution in [2.45, 2.75) is 6.92 Å². The molecular weight excluding hydrogens is 326 g/mol. The standard InChI is InChI=1S/C19H16ClNO3/c1-13(22)15-7-5-14(6-8-15)4-3-11-21-19(23)17-12-16(20)9-10-18(17)24-2/h5-10,12H,11H2,1-2H3,(H,21,23). The lowest BCUT2D eigenvalue weighted by atomic mass is 10.1. The molecule has 0 atom stereocenters. The maximum absolute atomic E-state index is 12.2. The van der Waals surface area contributed by atoms with Gasteiger partial charge in [0.1, 0.15) is 5.75 Å². The summed E-state index contributed by atoms with van der Waals surface area (Å²) in [5.74, 6) is 5.94. The van der Waals surface area contributed by atoms with Crippen LogP contribution in [0.5, 0.6) is 5.75 Å². The van der Waals surface area contributed by atoms with E-state index in [1.165, 1.54) is 14.0 Å². The van der Waals surface area contributed by atoms with Gasteiger partial charge in [0.15, 0.2) is 5.78 Å². The fourth-order valence-corrected chi connectivity index (χ4v) is 2.18. The van der Waals surface area contributed by atoms with E-state index in [1.807, 2.05) is 0 Å². The molecule has 0 aromatic heterocycles. The Hall–Kier alpha value is -2.77. The minimum Gasteiger partial charge on any atom is -0.496 e. The Morgan fingerprint density at radius 2 is 1.88 bits per heavy atom. The second kappa shape index (κ2) is 8.19. The Morgan fingerprint density at radius 1 is 1.17 bits per heavy atom. The zero-order valence-corrected chi connectivity index (χ0v) is 14.1. The molecule has 4 nitrogen and oxygen atoms in total. The highest BCUT2D eigenvalue weighted by Crippen LogP contribution is 2.22. The highest BCUT2D eigenvalue weighted by atomic mass is 35.5. The van der Waals surface area contributed by atoms with Gasteiger partial charge in [0, 0.05) is 16.1 Å². The van der Waals surface area contributed by atoms with E-state index in [0.29, 0.717) is 21.9 Å². The number of Topliss-reactive ketones (excluding diaryl/α,β-unsaturated/α-hetero) is 1. The summed E-state index contributed by atoms with van der Waals surface area (Å²) in [6.45, 7) is 1.70. The number of amides is 1. The molecule has 0 radical (unpaired) electrons. The van der Waals surface area contributed by atoms with Crippen molar-refractivity contribution in [1.82, 2.24) is 5.32 Å². The molecule has 5 heteroatoms. The van der Waals surface area contributed by atoms with Gasteiger partial charge in [0.25, 0.3) is 5.91 Å². The number of methoxy groups -OCH3 is 1. The molecule has 122 valence electrons. The van der Waals surface area contributed by atoms with E-state index in [2.05, 4.69) is 17.2 Å². The van der Waals surface area contributed by atoms with Crippen molar-refractivity contribution in [3.63, 3.8) is 0 Å². The van der Waals surface area contributed by atoms with E-state index in [0.717, 1.165) is 5.56 Å². The molecule has 2 aromatic rings. The molecule has 2 aromatic carbocycles. The van der Waals surface area contributed by atoms with Gasteiger partial charge in [-0.1, -0.05) is 35.6 Å².